The third kappa shape index (κ3) is 5.32. The Labute approximate surface area is 156 Å². The third-order valence-electron chi connectivity index (χ3n) is 4.17. The van der Waals surface area contributed by atoms with Crippen LogP contribution in [-0.4, -0.2) is 21.7 Å². The number of rotatable bonds is 6. The molecule has 3 N–H and O–H groups in total. The fourth-order valence-corrected chi connectivity index (χ4v) is 2.93. The Morgan fingerprint density at radius 2 is 1.93 bits per heavy atom. The lowest BCUT2D eigenvalue weighted by Crippen LogP contribution is -2.41. The standard InChI is InChI=1S/C19H25F3N4O/c1-11(2)7-17(23)18(27)24-10-14-5-6-15(9-16(14)19(20,21)22)26-13(4)8-12(3)25-26/h5-6,8-9,11,17H,7,10,23H2,1-4H3,(H,24,27)/t17-/m0/s1. The first-order valence-electron chi connectivity index (χ1n) is 8.76. The van der Waals surface area contributed by atoms with Gasteiger partial charge in [0.05, 0.1) is 23.0 Å². The summed E-state index contributed by atoms with van der Waals surface area (Å²) in [7, 11) is 0. The van der Waals surface area contributed by atoms with Crippen LogP contribution >= 0.6 is 0 Å². The van der Waals surface area contributed by atoms with Crippen LogP contribution in [0.3, 0.4) is 0 Å². The topological polar surface area (TPSA) is 72.9 Å². The maximum atomic E-state index is 13.5. The van der Waals surface area contributed by atoms with Gasteiger partial charge < -0.3 is 11.1 Å². The largest absolute Gasteiger partial charge is 0.416 e. The summed E-state index contributed by atoms with van der Waals surface area (Å²) in [6.45, 7) is 7.16. The molecule has 2 aromatic rings. The Balaban J connectivity index is 2.26. The third-order valence-corrected chi connectivity index (χ3v) is 4.17. The molecule has 0 fully saturated rings. The van der Waals surface area contributed by atoms with Crippen molar-refractivity contribution in [1.82, 2.24) is 15.1 Å². The number of nitrogens with zero attached hydrogens (tertiary/aromatic N) is 2. The Morgan fingerprint density at radius 3 is 2.44 bits per heavy atom. The van der Waals surface area contributed by atoms with Gasteiger partial charge >= 0.3 is 6.18 Å². The van der Waals surface area contributed by atoms with E-state index in [0.717, 1.165) is 17.5 Å². The molecule has 0 spiro atoms. The van der Waals surface area contributed by atoms with E-state index >= 15 is 0 Å². The number of carbonyl (C=O) groups excluding carboxylic acids is 1. The summed E-state index contributed by atoms with van der Waals surface area (Å²) in [5, 5.41) is 6.73. The zero-order chi connectivity index (χ0) is 20.4. The normalized spacial score (nSPS) is 13.1. The average Bonchev–Trinajstić information content (AvgIpc) is 2.89. The van der Waals surface area contributed by atoms with Gasteiger partial charge in [-0.15, -0.1) is 0 Å². The first-order valence-corrected chi connectivity index (χ1v) is 8.76. The Bertz CT molecular complexity index is 812. The molecule has 1 heterocycles. The van der Waals surface area contributed by atoms with Gasteiger partial charge in [-0.2, -0.15) is 18.3 Å². The molecule has 5 nitrogen and oxygen atoms in total. The molecule has 27 heavy (non-hydrogen) atoms. The van der Waals surface area contributed by atoms with Crippen LogP contribution < -0.4 is 11.1 Å². The molecule has 148 valence electrons. The predicted molar refractivity (Wildman–Crippen MR) is 97.3 cm³/mol. The van der Waals surface area contributed by atoms with Crippen molar-refractivity contribution >= 4 is 5.91 Å². The minimum atomic E-state index is -4.55. The summed E-state index contributed by atoms with van der Waals surface area (Å²) in [5.41, 5.74) is 6.74. The smallest absolute Gasteiger partial charge is 0.351 e. The van der Waals surface area contributed by atoms with Gasteiger partial charge in [0, 0.05) is 12.2 Å². The summed E-state index contributed by atoms with van der Waals surface area (Å²) in [5.74, 6) is -0.240. The number of halogens is 3. The van der Waals surface area contributed by atoms with Crippen LogP contribution in [0.1, 0.15) is 42.8 Å². The Morgan fingerprint density at radius 1 is 1.26 bits per heavy atom. The lowest BCUT2D eigenvalue weighted by molar-refractivity contribution is -0.138. The number of aryl methyl sites for hydroxylation is 2. The average molecular weight is 382 g/mol. The summed E-state index contributed by atoms with van der Waals surface area (Å²) < 4.78 is 42.1. The van der Waals surface area contributed by atoms with E-state index in [1.807, 2.05) is 13.8 Å². The molecular weight excluding hydrogens is 357 g/mol. The molecule has 1 amide bonds. The first-order chi connectivity index (χ1) is 12.5. The minimum absolute atomic E-state index is 0.0159. The molecule has 0 aliphatic heterocycles. The van der Waals surface area contributed by atoms with Crippen molar-refractivity contribution in [3.05, 3.63) is 46.8 Å². The quantitative estimate of drug-likeness (QED) is 0.803. The molecular formula is C19H25F3N4O. The zero-order valence-corrected chi connectivity index (χ0v) is 15.9. The maximum Gasteiger partial charge on any atom is 0.416 e. The number of carbonyl (C=O) groups is 1. The summed E-state index contributed by atoms with van der Waals surface area (Å²) >= 11 is 0. The molecule has 0 saturated heterocycles. The van der Waals surface area contributed by atoms with E-state index in [2.05, 4.69) is 10.4 Å². The highest BCUT2D eigenvalue weighted by Gasteiger charge is 2.34. The number of amides is 1. The number of hydrogen-bond donors (Lipinski definition) is 2. The van der Waals surface area contributed by atoms with Gasteiger partial charge in [-0.3, -0.25) is 4.79 Å². The Hall–Kier alpha value is -2.35. The highest BCUT2D eigenvalue weighted by molar-refractivity contribution is 5.81. The fraction of sp³-hybridized carbons (Fsp3) is 0.474. The molecule has 0 aliphatic carbocycles. The second kappa shape index (κ2) is 8.12. The molecule has 1 atom stereocenters. The van der Waals surface area contributed by atoms with Crippen LogP contribution in [0.25, 0.3) is 5.69 Å². The van der Waals surface area contributed by atoms with Gasteiger partial charge in [0.15, 0.2) is 0 Å². The molecule has 0 saturated carbocycles. The van der Waals surface area contributed by atoms with Crippen LogP contribution in [0, 0.1) is 19.8 Å². The van der Waals surface area contributed by atoms with Crippen molar-refractivity contribution in [3.8, 4) is 5.69 Å². The van der Waals surface area contributed by atoms with Crippen molar-refractivity contribution in [2.75, 3.05) is 0 Å². The van der Waals surface area contributed by atoms with Crippen molar-refractivity contribution in [1.29, 1.82) is 0 Å². The molecule has 1 aromatic heterocycles. The van der Waals surface area contributed by atoms with Crippen molar-refractivity contribution in [3.63, 3.8) is 0 Å². The summed E-state index contributed by atoms with van der Waals surface area (Å²) in [6.07, 6.45) is -4.08. The van der Waals surface area contributed by atoms with E-state index in [4.69, 9.17) is 5.73 Å². The van der Waals surface area contributed by atoms with Crippen molar-refractivity contribution in [2.45, 2.75) is 52.9 Å². The van der Waals surface area contributed by atoms with Gasteiger partial charge in [0.1, 0.15) is 0 Å². The maximum absolute atomic E-state index is 13.5. The highest BCUT2D eigenvalue weighted by Crippen LogP contribution is 2.33. The van der Waals surface area contributed by atoms with Crippen molar-refractivity contribution in [2.24, 2.45) is 11.7 Å². The number of hydrogen-bond acceptors (Lipinski definition) is 3. The molecule has 0 unspecified atom stereocenters. The van der Waals surface area contributed by atoms with E-state index in [1.54, 1.807) is 26.0 Å². The monoisotopic (exact) mass is 382 g/mol. The van der Waals surface area contributed by atoms with E-state index < -0.39 is 23.7 Å². The van der Waals surface area contributed by atoms with Gasteiger partial charge in [-0.05, 0) is 49.9 Å². The highest BCUT2D eigenvalue weighted by atomic mass is 19.4. The molecule has 0 bridgehead atoms. The minimum Gasteiger partial charge on any atom is -0.351 e. The van der Waals surface area contributed by atoms with E-state index in [1.165, 1.54) is 10.7 Å². The van der Waals surface area contributed by atoms with Crippen LogP contribution in [0.5, 0.6) is 0 Å². The van der Waals surface area contributed by atoms with Crippen LogP contribution in [-0.2, 0) is 17.5 Å². The van der Waals surface area contributed by atoms with E-state index in [0.29, 0.717) is 12.1 Å². The molecule has 2 rings (SSSR count). The first kappa shape index (κ1) is 21.0. The van der Waals surface area contributed by atoms with E-state index in [9.17, 15) is 18.0 Å². The molecule has 8 heteroatoms. The fourth-order valence-electron chi connectivity index (χ4n) is 2.93. The second-order valence-corrected chi connectivity index (χ2v) is 7.13. The SMILES string of the molecule is Cc1cc(C)n(-c2ccc(CNC(=O)[C@@H](N)CC(C)C)c(C(F)(F)F)c2)n1. The van der Waals surface area contributed by atoms with Gasteiger partial charge in [-0.25, -0.2) is 4.68 Å². The molecule has 0 radical (unpaired) electrons. The van der Waals surface area contributed by atoms with Gasteiger partial charge in [0.25, 0.3) is 0 Å². The zero-order valence-electron chi connectivity index (χ0n) is 15.9. The number of alkyl halides is 3. The Kier molecular flexibility index (Phi) is 6.30. The number of nitrogens with one attached hydrogen (secondary N) is 1. The lowest BCUT2D eigenvalue weighted by atomic mass is 10.0. The van der Waals surface area contributed by atoms with E-state index in [-0.39, 0.29) is 18.0 Å². The predicted octanol–water partition coefficient (Wildman–Crippen LogP) is 3.50. The molecule has 1 aromatic carbocycles. The second-order valence-electron chi connectivity index (χ2n) is 7.13. The van der Waals surface area contributed by atoms with Crippen LogP contribution in [0.2, 0.25) is 0 Å². The summed E-state index contributed by atoms with van der Waals surface area (Å²) in [6, 6.07) is 5.02. The van der Waals surface area contributed by atoms with Gasteiger partial charge in [0.2, 0.25) is 5.91 Å². The number of nitrogens with two attached hydrogens (primary N) is 1. The summed E-state index contributed by atoms with van der Waals surface area (Å²) in [4.78, 5) is 12.0. The molecule has 0 aliphatic rings. The van der Waals surface area contributed by atoms with Crippen molar-refractivity contribution < 1.29 is 18.0 Å². The van der Waals surface area contributed by atoms with Crippen LogP contribution in [0.15, 0.2) is 24.3 Å². The number of benzene rings is 1. The number of aromatic nitrogens is 2. The van der Waals surface area contributed by atoms with Crippen LogP contribution in [0.4, 0.5) is 13.2 Å². The lowest BCUT2D eigenvalue weighted by Gasteiger charge is -2.18. The van der Waals surface area contributed by atoms with Gasteiger partial charge in [-0.1, -0.05) is 19.9 Å².